The number of benzene rings is 2. The largest absolute Gasteiger partial charge is 0.493 e. The molecular weight excluding hydrogens is 410 g/mol. The summed E-state index contributed by atoms with van der Waals surface area (Å²) in [5, 5.41) is 0. The number of carbonyl (C=O) groups is 2. The lowest BCUT2D eigenvalue weighted by molar-refractivity contribution is -0.135. The zero-order valence-corrected chi connectivity index (χ0v) is 19.0. The van der Waals surface area contributed by atoms with E-state index in [-0.39, 0.29) is 18.0 Å². The van der Waals surface area contributed by atoms with Gasteiger partial charge in [-0.15, -0.1) is 0 Å². The predicted octanol–water partition coefficient (Wildman–Crippen LogP) is 3.99. The lowest BCUT2D eigenvalue weighted by atomic mass is 9.83. The van der Waals surface area contributed by atoms with Crippen molar-refractivity contribution in [1.29, 1.82) is 0 Å². The Bertz CT molecular complexity index is 1050. The first-order valence-corrected chi connectivity index (χ1v) is 11.0. The van der Waals surface area contributed by atoms with E-state index in [1.54, 1.807) is 28.1 Å². The van der Waals surface area contributed by atoms with Gasteiger partial charge in [0.2, 0.25) is 0 Å². The smallest absolute Gasteiger partial charge is 0.311 e. The molecule has 2 heterocycles. The normalized spacial score (nSPS) is 16.9. The second kappa shape index (κ2) is 9.20. The zero-order chi connectivity index (χ0) is 22.8. The standard InChI is InChI=1S/C25H29NO6/c1-5-23(27)31-20-8-7-15-11-19-17-13-22(32-24(28)6-2)21(29-3)12-16(17)9-10-26(19)14-18(15)25(20)30-4/h7-8,12-13,19H,5-6,9-11,14H2,1-4H3/t19-/m0/s1. The summed E-state index contributed by atoms with van der Waals surface area (Å²) in [7, 11) is 3.20. The van der Waals surface area contributed by atoms with Gasteiger partial charge in [0.1, 0.15) is 0 Å². The van der Waals surface area contributed by atoms with Crippen molar-refractivity contribution in [1.82, 2.24) is 4.90 Å². The molecule has 0 saturated carbocycles. The maximum atomic E-state index is 11.9. The molecule has 0 radical (unpaired) electrons. The van der Waals surface area contributed by atoms with Crippen LogP contribution in [0, 0.1) is 0 Å². The van der Waals surface area contributed by atoms with Gasteiger partial charge < -0.3 is 18.9 Å². The summed E-state index contributed by atoms with van der Waals surface area (Å²) in [6, 6.07) is 7.94. The van der Waals surface area contributed by atoms with Gasteiger partial charge in [-0.3, -0.25) is 14.5 Å². The highest BCUT2D eigenvalue weighted by Crippen LogP contribution is 2.46. The Hall–Kier alpha value is -3.06. The molecule has 4 rings (SSSR count). The van der Waals surface area contributed by atoms with Crippen LogP contribution in [0.5, 0.6) is 23.0 Å². The number of ether oxygens (including phenoxy) is 4. The average molecular weight is 440 g/mol. The second-order valence-electron chi connectivity index (χ2n) is 8.03. The van der Waals surface area contributed by atoms with Crippen LogP contribution in [0.2, 0.25) is 0 Å². The molecule has 0 saturated heterocycles. The van der Waals surface area contributed by atoms with Crippen molar-refractivity contribution in [2.75, 3.05) is 20.8 Å². The quantitative estimate of drug-likeness (QED) is 0.498. The van der Waals surface area contributed by atoms with Crippen molar-refractivity contribution in [2.24, 2.45) is 0 Å². The van der Waals surface area contributed by atoms with Gasteiger partial charge in [0.05, 0.1) is 14.2 Å². The molecule has 2 aromatic rings. The number of nitrogens with zero attached hydrogens (tertiary/aromatic N) is 1. The Morgan fingerprint density at radius 1 is 0.938 bits per heavy atom. The SMILES string of the molecule is CCC(=O)Oc1cc2c(cc1OC)CCN1Cc3c(ccc(OC(=O)CC)c3OC)C[C@@H]21. The number of fused-ring (bicyclic) bond motifs is 4. The van der Waals surface area contributed by atoms with Crippen LogP contribution in [-0.4, -0.2) is 37.6 Å². The molecule has 32 heavy (non-hydrogen) atoms. The monoisotopic (exact) mass is 439 g/mol. The van der Waals surface area contributed by atoms with Crippen molar-refractivity contribution >= 4 is 11.9 Å². The Balaban J connectivity index is 1.70. The molecule has 0 aromatic heterocycles. The van der Waals surface area contributed by atoms with Crippen LogP contribution in [0.1, 0.15) is 55.0 Å². The molecule has 0 spiro atoms. The molecule has 2 aromatic carbocycles. The van der Waals surface area contributed by atoms with Crippen LogP contribution in [0.4, 0.5) is 0 Å². The van der Waals surface area contributed by atoms with Crippen LogP contribution >= 0.6 is 0 Å². The summed E-state index contributed by atoms with van der Waals surface area (Å²) in [6.07, 6.45) is 2.26. The molecule has 170 valence electrons. The average Bonchev–Trinajstić information content (AvgIpc) is 2.82. The number of rotatable bonds is 6. The third-order valence-electron chi connectivity index (χ3n) is 6.22. The molecule has 2 aliphatic heterocycles. The van der Waals surface area contributed by atoms with E-state index in [4.69, 9.17) is 18.9 Å². The third kappa shape index (κ3) is 4.05. The number of carbonyl (C=O) groups excluding carboxylic acids is 2. The summed E-state index contributed by atoms with van der Waals surface area (Å²) < 4.78 is 22.2. The third-order valence-corrected chi connectivity index (χ3v) is 6.22. The fourth-order valence-electron chi connectivity index (χ4n) is 4.55. The molecule has 2 aliphatic rings. The zero-order valence-electron chi connectivity index (χ0n) is 19.0. The lowest BCUT2D eigenvalue weighted by Gasteiger charge is -2.42. The molecule has 0 unspecified atom stereocenters. The minimum absolute atomic E-state index is 0.157. The van der Waals surface area contributed by atoms with Crippen LogP contribution in [0.15, 0.2) is 24.3 Å². The molecule has 0 amide bonds. The van der Waals surface area contributed by atoms with Crippen molar-refractivity contribution < 1.29 is 28.5 Å². The topological polar surface area (TPSA) is 74.3 Å². The molecule has 7 heteroatoms. The fraction of sp³-hybridized carbons (Fsp3) is 0.440. The number of hydrogen-bond donors (Lipinski definition) is 0. The van der Waals surface area contributed by atoms with Gasteiger partial charge in [-0.2, -0.15) is 0 Å². The Kier molecular flexibility index (Phi) is 6.37. The molecule has 0 N–H and O–H groups in total. The molecular formula is C25H29NO6. The molecule has 0 fully saturated rings. The minimum Gasteiger partial charge on any atom is -0.493 e. The highest BCUT2D eigenvalue weighted by Gasteiger charge is 2.35. The van der Waals surface area contributed by atoms with E-state index >= 15 is 0 Å². The second-order valence-corrected chi connectivity index (χ2v) is 8.03. The van der Waals surface area contributed by atoms with Crippen molar-refractivity contribution in [3.05, 3.63) is 46.5 Å². The van der Waals surface area contributed by atoms with Crippen LogP contribution < -0.4 is 18.9 Å². The highest BCUT2D eigenvalue weighted by molar-refractivity contribution is 5.74. The molecule has 0 bridgehead atoms. The van der Waals surface area contributed by atoms with Gasteiger partial charge in [-0.05, 0) is 47.7 Å². The molecule has 1 atom stereocenters. The Morgan fingerprint density at radius 2 is 1.66 bits per heavy atom. The van der Waals surface area contributed by atoms with Gasteiger partial charge in [-0.25, -0.2) is 0 Å². The molecule has 7 nitrogen and oxygen atoms in total. The summed E-state index contributed by atoms with van der Waals surface area (Å²) in [5.74, 6) is 1.56. The number of esters is 2. The van der Waals surface area contributed by atoms with E-state index in [0.29, 0.717) is 42.4 Å². The van der Waals surface area contributed by atoms with E-state index in [9.17, 15) is 9.59 Å². The van der Waals surface area contributed by atoms with Crippen molar-refractivity contribution in [3.63, 3.8) is 0 Å². The summed E-state index contributed by atoms with van der Waals surface area (Å²) in [4.78, 5) is 26.2. The minimum atomic E-state index is -0.288. The van der Waals surface area contributed by atoms with Gasteiger partial charge >= 0.3 is 11.9 Å². The predicted molar refractivity (Wildman–Crippen MR) is 118 cm³/mol. The number of methoxy groups -OCH3 is 2. The van der Waals surface area contributed by atoms with Crippen molar-refractivity contribution in [2.45, 2.75) is 52.1 Å². The Morgan fingerprint density at radius 3 is 2.31 bits per heavy atom. The van der Waals surface area contributed by atoms with Crippen LogP contribution in [0.3, 0.4) is 0 Å². The van der Waals surface area contributed by atoms with E-state index in [2.05, 4.69) is 4.90 Å². The van der Waals surface area contributed by atoms with E-state index < -0.39 is 0 Å². The summed E-state index contributed by atoms with van der Waals surface area (Å²) in [5.41, 5.74) is 4.58. The van der Waals surface area contributed by atoms with Gasteiger partial charge in [0.25, 0.3) is 0 Å². The Labute approximate surface area is 188 Å². The van der Waals surface area contributed by atoms with Gasteiger partial charge in [0, 0.05) is 37.5 Å². The summed E-state index contributed by atoms with van der Waals surface area (Å²) >= 11 is 0. The fourth-order valence-corrected chi connectivity index (χ4v) is 4.55. The maximum absolute atomic E-state index is 11.9. The van der Waals surface area contributed by atoms with E-state index in [1.165, 1.54) is 5.56 Å². The number of hydrogen-bond acceptors (Lipinski definition) is 7. The van der Waals surface area contributed by atoms with E-state index in [1.807, 2.05) is 24.3 Å². The summed E-state index contributed by atoms with van der Waals surface area (Å²) in [6.45, 7) is 5.11. The van der Waals surface area contributed by atoms with Crippen LogP contribution in [-0.2, 0) is 29.0 Å². The first kappa shape index (κ1) is 22.1. The van der Waals surface area contributed by atoms with E-state index in [0.717, 1.165) is 36.1 Å². The first-order valence-electron chi connectivity index (χ1n) is 11.0. The molecule has 0 aliphatic carbocycles. The van der Waals surface area contributed by atoms with Crippen molar-refractivity contribution in [3.8, 4) is 23.0 Å². The van der Waals surface area contributed by atoms with Crippen LogP contribution in [0.25, 0.3) is 0 Å². The maximum Gasteiger partial charge on any atom is 0.311 e. The van der Waals surface area contributed by atoms with Gasteiger partial charge in [0.15, 0.2) is 23.0 Å². The van der Waals surface area contributed by atoms with Gasteiger partial charge in [-0.1, -0.05) is 19.9 Å². The lowest BCUT2D eigenvalue weighted by Crippen LogP contribution is -2.39. The highest BCUT2D eigenvalue weighted by atomic mass is 16.6. The first-order chi connectivity index (χ1) is 15.5.